The van der Waals surface area contributed by atoms with Crippen LogP contribution in [-0.2, 0) is 72.0 Å². The maximum absolute atomic E-state index is 13.4. The molecular formula is C46H79N9O13. The molecule has 8 N–H and O–H groups in total. The number of nitrogens with one attached hydrogen (secondary N) is 5. The summed E-state index contributed by atoms with van der Waals surface area (Å²) in [6.07, 6.45) is 3.35. The molecule has 0 spiro atoms. The highest BCUT2D eigenvalue weighted by Crippen LogP contribution is 2.20. The Balaban J connectivity index is 1.54. The average Bonchev–Trinajstić information content (AvgIpc) is 3.75. The van der Waals surface area contributed by atoms with Gasteiger partial charge in [0, 0.05) is 31.2 Å². The van der Waals surface area contributed by atoms with Gasteiger partial charge in [-0.1, -0.05) is 52.0 Å². The number of ether oxygens (including phenoxy) is 8. The molecule has 386 valence electrons. The van der Waals surface area contributed by atoms with E-state index in [1.165, 1.54) is 0 Å². The van der Waals surface area contributed by atoms with Gasteiger partial charge in [-0.05, 0) is 54.9 Å². The normalized spacial score (nSPS) is 12.4. The molecule has 4 amide bonds. The molecular weight excluding hydrogens is 887 g/mol. The number of hydroxylamine groups is 1. The quantitative estimate of drug-likeness (QED) is 0.0286. The lowest BCUT2D eigenvalue weighted by atomic mass is 9.89. The molecule has 1 aromatic heterocycles. The Bertz CT molecular complexity index is 1690. The van der Waals surface area contributed by atoms with E-state index in [1.54, 1.807) is 54.5 Å². The van der Waals surface area contributed by atoms with Crippen molar-refractivity contribution in [1.29, 1.82) is 0 Å². The topological polar surface area (TPSA) is 279 Å². The molecule has 0 bridgehead atoms. The summed E-state index contributed by atoms with van der Waals surface area (Å²) in [7, 11) is 0. The van der Waals surface area contributed by atoms with E-state index in [-0.39, 0.29) is 49.7 Å². The van der Waals surface area contributed by atoms with Gasteiger partial charge in [0.25, 0.3) is 0 Å². The predicted octanol–water partition coefficient (Wildman–Crippen LogP) is 2.69. The number of nitrogens with zero attached hydrogens (tertiary/aromatic N) is 3. The molecule has 22 heteroatoms. The number of ketones is 1. The smallest absolute Gasteiger partial charge is 0.312 e. The number of anilines is 1. The van der Waals surface area contributed by atoms with Crippen molar-refractivity contribution in [1.82, 2.24) is 36.4 Å². The highest BCUT2D eigenvalue weighted by molar-refractivity contribution is 5.97. The largest absolute Gasteiger partial charge is 0.475 e. The Morgan fingerprint density at radius 1 is 0.794 bits per heavy atom. The van der Waals surface area contributed by atoms with E-state index in [0.29, 0.717) is 123 Å². The van der Waals surface area contributed by atoms with Gasteiger partial charge in [0.15, 0.2) is 11.7 Å². The van der Waals surface area contributed by atoms with Gasteiger partial charge in [-0.25, -0.2) is 9.48 Å². The molecule has 2 atom stereocenters. The SMILES string of the molecule is C=C(NCc1cn(CCOCCOCCOCCOCCOCCOCCOCCC(C)(C)C)nn1)OCc1ccc(NC(=O)[C@H](CCCNC(N)=O)CC(=O)[C@@H](NC(=O)CNO)C(C)C)cc1. The van der Waals surface area contributed by atoms with Gasteiger partial charge in [0.2, 0.25) is 11.8 Å². The fraction of sp³-hybridized carbons (Fsp3) is 0.696. The van der Waals surface area contributed by atoms with Gasteiger partial charge in [0.1, 0.15) is 12.3 Å². The van der Waals surface area contributed by atoms with Gasteiger partial charge in [-0.3, -0.25) is 14.4 Å². The number of urea groups is 1. The average molecular weight is 966 g/mol. The first-order valence-electron chi connectivity index (χ1n) is 23.3. The number of nitrogens with two attached hydrogens (primary N) is 1. The van der Waals surface area contributed by atoms with Crippen LogP contribution < -0.4 is 32.5 Å². The number of carbonyl (C=O) groups is 4. The molecule has 0 aliphatic rings. The number of amides is 4. The van der Waals surface area contributed by atoms with Gasteiger partial charge in [-0.2, -0.15) is 5.48 Å². The Kier molecular flexibility index (Phi) is 31.6. The van der Waals surface area contributed by atoms with Gasteiger partial charge < -0.3 is 70.1 Å². The molecule has 0 aliphatic heterocycles. The molecule has 2 rings (SSSR count). The molecule has 0 unspecified atom stereocenters. The second-order valence-electron chi connectivity index (χ2n) is 17.2. The lowest BCUT2D eigenvalue weighted by Crippen LogP contribution is -2.48. The fourth-order valence-corrected chi connectivity index (χ4v) is 6.00. The van der Waals surface area contributed by atoms with Crippen LogP contribution in [0.25, 0.3) is 0 Å². The minimum atomic E-state index is -0.861. The number of benzene rings is 1. The van der Waals surface area contributed by atoms with E-state index in [1.807, 2.05) is 0 Å². The third kappa shape index (κ3) is 30.6. The summed E-state index contributed by atoms with van der Waals surface area (Å²) >= 11 is 0. The zero-order valence-electron chi connectivity index (χ0n) is 40.9. The maximum Gasteiger partial charge on any atom is 0.312 e. The summed E-state index contributed by atoms with van der Waals surface area (Å²) in [6.45, 7) is 22.1. The summed E-state index contributed by atoms with van der Waals surface area (Å²) in [6, 6.07) is 5.46. The van der Waals surface area contributed by atoms with Gasteiger partial charge in [0.05, 0.1) is 118 Å². The standard InChI is InChI=1S/C46H79N9O13/c1-35(2)43(52-42(57)32-50-60)41(56)30-38(8-7-14-48-45(47)59)44(58)51-39-11-9-37(10-12-39)34-68-36(3)49-31-40-33-55(54-53-40)15-17-62-19-21-64-23-25-66-27-29-67-28-26-65-24-22-63-20-18-61-16-13-46(4,5)6/h9-12,33,35,38,43,49-50,60H,3,7-8,13-32,34H2,1-2,4-6H3,(H,51,58)(H,52,57)(H3,47,48,59)/t38-,43+/m1/s1. The van der Waals surface area contributed by atoms with Crippen molar-refractivity contribution >= 4 is 29.3 Å². The van der Waals surface area contributed by atoms with Crippen LogP contribution in [0.3, 0.4) is 0 Å². The number of primary amides is 1. The first-order chi connectivity index (χ1) is 32.7. The van der Waals surface area contributed by atoms with E-state index < -0.39 is 29.8 Å². The van der Waals surface area contributed by atoms with Crippen molar-refractivity contribution in [2.24, 2.45) is 23.0 Å². The number of Topliss-reactive ketones (excluding diaryl/α,β-unsaturated/α-hetero) is 1. The monoisotopic (exact) mass is 966 g/mol. The van der Waals surface area contributed by atoms with Crippen molar-refractivity contribution in [3.63, 3.8) is 0 Å². The molecule has 0 saturated heterocycles. The highest BCUT2D eigenvalue weighted by atomic mass is 16.6. The summed E-state index contributed by atoms with van der Waals surface area (Å²) in [4.78, 5) is 49.9. The number of aromatic nitrogens is 3. The summed E-state index contributed by atoms with van der Waals surface area (Å²) in [5.74, 6) is -1.97. The number of rotatable bonds is 42. The second kappa shape index (κ2) is 36.2. The maximum atomic E-state index is 13.4. The highest BCUT2D eigenvalue weighted by Gasteiger charge is 2.29. The van der Waals surface area contributed by atoms with Crippen LogP contribution in [0.2, 0.25) is 0 Å². The van der Waals surface area contributed by atoms with Crippen molar-refractivity contribution < 1.29 is 62.3 Å². The molecule has 0 saturated carbocycles. The molecule has 68 heavy (non-hydrogen) atoms. The lowest BCUT2D eigenvalue weighted by Gasteiger charge is -2.24. The Morgan fingerprint density at radius 2 is 1.34 bits per heavy atom. The molecule has 0 fully saturated rings. The number of carbonyl (C=O) groups excluding carboxylic acids is 4. The molecule has 0 radical (unpaired) electrons. The molecule has 0 aliphatic carbocycles. The third-order valence-electron chi connectivity index (χ3n) is 9.80. The lowest BCUT2D eigenvalue weighted by molar-refractivity contribution is -0.131. The summed E-state index contributed by atoms with van der Waals surface area (Å²) in [5.41, 5.74) is 9.22. The van der Waals surface area contributed by atoms with E-state index in [9.17, 15) is 19.2 Å². The van der Waals surface area contributed by atoms with Crippen LogP contribution in [0.15, 0.2) is 42.9 Å². The van der Waals surface area contributed by atoms with Crippen LogP contribution in [0.4, 0.5) is 10.5 Å². The second-order valence-corrected chi connectivity index (χ2v) is 17.2. The van der Waals surface area contributed by atoms with Crippen LogP contribution in [0.1, 0.15) is 71.6 Å². The van der Waals surface area contributed by atoms with Gasteiger partial charge in [-0.15, -0.1) is 5.10 Å². The van der Waals surface area contributed by atoms with Crippen molar-refractivity contribution in [3.8, 4) is 0 Å². The van der Waals surface area contributed by atoms with E-state index >= 15 is 0 Å². The number of hydrogen-bond donors (Lipinski definition) is 7. The summed E-state index contributed by atoms with van der Waals surface area (Å²) < 4.78 is 46.3. The van der Waals surface area contributed by atoms with Crippen LogP contribution in [0, 0.1) is 17.3 Å². The first-order valence-corrected chi connectivity index (χ1v) is 23.3. The minimum absolute atomic E-state index is 0.151. The van der Waals surface area contributed by atoms with Crippen LogP contribution >= 0.6 is 0 Å². The zero-order valence-corrected chi connectivity index (χ0v) is 40.9. The molecule has 22 nitrogen and oxygen atoms in total. The van der Waals surface area contributed by atoms with E-state index in [2.05, 4.69) is 58.9 Å². The van der Waals surface area contributed by atoms with Crippen LogP contribution in [-0.4, -0.2) is 155 Å². The van der Waals surface area contributed by atoms with Crippen molar-refractivity contribution in [2.75, 3.05) is 111 Å². The molecule has 1 aromatic carbocycles. The number of hydrogen-bond acceptors (Lipinski definition) is 17. The Morgan fingerprint density at radius 3 is 1.85 bits per heavy atom. The van der Waals surface area contributed by atoms with E-state index in [4.69, 9.17) is 48.8 Å². The fourth-order valence-electron chi connectivity index (χ4n) is 6.00. The minimum Gasteiger partial charge on any atom is -0.475 e. The molecule has 2 aromatic rings. The summed E-state index contributed by atoms with van der Waals surface area (Å²) in [5, 5.41) is 28.2. The van der Waals surface area contributed by atoms with Crippen LogP contribution in [0.5, 0.6) is 0 Å². The molecule has 1 heterocycles. The predicted molar refractivity (Wildman–Crippen MR) is 252 cm³/mol. The Hall–Kier alpha value is -4.78. The third-order valence-corrected chi connectivity index (χ3v) is 9.80. The first kappa shape index (κ1) is 59.3. The van der Waals surface area contributed by atoms with E-state index in [0.717, 1.165) is 18.6 Å². The van der Waals surface area contributed by atoms with Crippen molar-refractivity contribution in [2.45, 2.75) is 86.0 Å². The zero-order chi connectivity index (χ0) is 49.8. The van der Waals surface area contributed by atoms with Crippen molar-refractivity contribution in [3.05, 3.63) is 54.2 Å². The Labute approximate surface area is 401 Å². The van der Waals surface area contributed by atoms with Gasteiger partial charge >= 0.3 is 6.03 Å².